The quantitative estimate of drug-likeness (QED) is 0.407. The Hall–Kier alpha value is -0.740. The number of halogens is 4. The molecule has 1 fully saturated rings. The van der Waals surface area contributed by atoms with Crippen LogP contribution in [-0.4, -0.2) is 67.6 Å². The molecule has 5 nitrogen and oxygen atoms in total. The Morgan fingerprint density at radius 1 is 1.43 bits per heavy atom. The first-order valence-corrected chi connectivity index (χ1v) is 7.57. The molecule has 0 aromatic carbocycles. The van der Waals surface area contributed by atoms with Crippen LogP contribution in [0.4, 0.5) is 13.2 Å². The second-order valence-corrected chi connectivity index (χ2v) is 5.73. The Balaban J connectivity index is 0.00000484. The molecule has 1 rings (SSSR count). The molecule has 9 heteroatoms. The molecule has 1 saturated heterocycles. The number of likely N-dealkylation sites (N-methyl/N-ethyl adjacent to an activating group) is 1. The van der Waals surface area contributed by atoms with Crippen LogP contribution in [0.3, 0.4) is 0 Å². The number of piperidine rings is 1. The summed E-state index contributed by atoms with van der Waals surface area (Å²) in [7, 11) is 1.14. The molecule has 0 spiro atoms. The Kier molecular flexibility index (Phi) is 9.86. The molecular weight excluding hydrogens is 424 g/mol. The van der Waals surface area contributed by atoms with Crippen LogP contribution >= 0.6 is 24.0 Å². The number of aliphatic imine (C=N–C) groups is 1. The maximum Gasteiger partial charge on any atom is 0.406 e. The van der Waals surface area contributed by atoms with E-state index in [1.165, 1.54) is 0 Å². The minimum absolute atomic E-state index is 0. The molecule has 23 heavy (non-hydrogen) atoms. The lowest BCUT2D eigenvalue weighted by Gasteiger charge is -2.33. The van der Waals surface area contributed by atoms with Crippen LogP contribution in [0.25, 0.3) is 0 Å². The zero-order valence-electron chi connectivity index (χ0n) is 13.8. The third-order valence-corrected chi connectivity index (χ3v) is 3.50. The van der Waals surface area contributed by atoms with Gasteiger partial charge in [0.2, 0.25) is 5.91 Å². The fourth-order valence-electron chi connectivity index (χ4n) is 2.43. The molecule has 0 aromatic rings. The van der Waals surface area contributed by atoms with Crippen LogP contribution in [-0.2, 0) is 4.79 Å². The molecular formula is C14H26F3IN4O. The molecule has 1 unspecified atom stereocenters. The van der Waals surface area contributed by atoms with Crippen molar-refractivity contribution in [2.24, 2.45) is 10.9 Å². The van der Waals surface area contributed by atoms with E-state index in [1.54, 1.807) is 0 Å². The molecule has 0 aromatic heterocycles. The number of likely N-dealkylation sites (tertiary alicyclic amines) is 1. The lowest BCUT2D eigenvalue weighted by atomic mass is 10.0. The Bertz CT molecular complexity index is 404. The third kappa shape index (κ3) is 8.61. The number of nitrogens with zero attached hydrogens (tertiary/aromatic N) is 3. The molecule has 0 aliphatic carbocycles. The minimum atomic E-state index is -4.39. The number of carbonyl (C=O) groups is 1. The monoisotopic (exact) mass is 450 g/mol. The number of amides is 1. The largest absolute Gasteiger partial charge is 0.406 e. The van der Waals surface area contributed by atoms with Gasteiger partial charge in [0, 0.05) is 26.7 Å². The SMILES string of the molecule is CCNC(=NCC(=O)N(C)CC(F)(F)F)N1CCCC(C)C1.I. The average Bonchev–Trinajstić information content (AvgIpc) is 2.41. The second-order valence-electron chi connectivity index (χ2n) is 5.73. The fourth-order valence-corrected chi connectivity index (χ4v) is 2.43. The summed E-state index contributed by atoms with van der Waals surface area (Å²) >= 11 is 0. The summed E-state index contributed by atoms with van der Waals surface area (Å²) in [5.41, 5.74) is 0. The van der Waals surface area contributed by atoms with Crippen molar-refractivity contribution >= 4 is 35.8 Å². The van der Waals surface area contributed by atoms with Crippen molar-refractivity contribution in [2.75, 3.05) is 39.8 Å². The van der Waals surface area contributed by atoms with E-state index in [4.69, 9.17) is 0 Å². The standard InChI is InChI=1S/C14H25F3N4O.HI/c1-4-18-13(21-7-5-6-11(2)9-21)19-8-12(22)20(3)10-14(15,16)17;/h11H,4-10H2,1-3H3,(H,18,19);1H. The minimum Gasteiger partial charge on any atom is -0.357 e. The summed E-state index contributed by atoms with van der Waals surface area (Å²) < 4.78 is 36.8. The van der Waals surface area contributed by atoms with Gasteiger partial charge in [0.15, 0.2) is 5.96 Å². The smallest absolute Gasteiger partial charge is 0.357 e. The topological polar surface area (TPSA) is 47.9 Å². The van der Waals surface area contributed by atoms with Gasteiger partial charge in [-0.2, -0.15) is 13.2 Å². The van der Waals surface area contributed by atoms with Crippen LogP contribution in [0.15, 0.2) is 4.99 Å². The van der Waals surface area contributed by atoms with E-state index in [0.717, 1.165) is 33.0 Å². The van der Waals surface area contributed by atoms with Crippen LogP contribution in [0, 0.1) is 5.92 Å². The van der Waals surface area contributed by atoms with Crippen molar-refractivity contribution in [2.45, 2.75) is 32.9 Å². The lowest BCUT2D eigenvalue weighted by Crippen LogP contribution is -2.46. The lowest BCUT2D eigenvalue weighted by molar-refractivity contribution is -0.157. The third-order valence-electron chi connectivity index (χ3n) is 3.50. The van der Waals surface area contributed by atoms with Crippen LogP contribution in [0.5, 0.6) is 0 Å². The molecule has 136 valence electrons. The van der Waals surface area contributed by atoms with Gasteiger partial charge in [0.1, 0.15) is 13.1 Å². The van der Waals surface area contributed by atoms with Crippen LogP contribution in [0.1, 0.15) is 26.7 Å². The van der Waals surface area contributed by atoms with Crippen molar-refractivity contribution in [3.8, 4) is 0 Å². The number of alkyl halides is 3. The highest BCUT2D eigenvalue weighted by Crippen LogP contribution is 2.16. The molecule has 1 aliphatic heterocycles. The Labute approximate surface area is 152 Å². The van der Waals surface area contributed by atoms with E-state index in [0.29, 0.717) is 23.3 Å². The highest BCUT2D eigenvalue weighted by molar-refractivity contribution is 14.0. The zero-order chi connectivity index (χ0) is 16.8. The van der Waals surface area contributed by atoms with E-state index < -0.39 is 18.6 Å². The summed E-state index contributed by atoms with van der Waals surface area (Å²) in [6.45, 7) is 4.88. The van der Waals surface area contributed by atoms with E-state index in [-0.39, 0.29) is 30.5 Å². The second kappa shape index (κ2) is 10.2. The molecule has 1 amide bonds. The molecule has 1 atom stereocenters. The van der Waals surface area contributed by atoms with Gasteiger partial charge in [0.05, 0.1) is 0 Å². The first-order chi connectivity index (χ1) is 10.2. The van der Waals surface area contributed by atoms with Gasteiger partial charge in [-0.05, 0) is 25.7 Å². The van der Waals surface area contributed by atoms with Crippen LogP contribution < -0.4 is 5.32 Å². The summed E-state index contributed by atoms with van der Waals surface area (Å²) in [5, 5.41) is 3.10. The Morgan fingerprint density at radius 3 is 2.61 bits per heavy atom. The van der Waals surface area contributed by atoms with Gasteiger partial charge < -0.3 is 15.1 Å². The van der Waals surface area contributed by atoms with E-state index >= 15 is 0 Å². The summed E-state index contributed by atoms with van der Waals surface area (Å²) in [4.78, 5) is 18.7. The summed E-state index contributed by atoms with van der Waals surface area (Å²) in [6, 6.07) is 0. The number of guanidine groups is 1. The summed E-state index contributed by atoms with van der Waals surface area (Å²) in [5.74, 6) is 0.502. The summed E-state index contributed by atoms with van der Waals surface area (Å²) in [6.07, 6.45) is -2.18. The normalized spacial score (nSPS) is 19.1. The number of nitrogens with one attached hydrogen (secondary N) is 1. The highest BCUT2D eigenvalue weighted by Gasteiger charge is 2.31. The molecule has 0 bridgehead atoms. The van der Waals surface area contributed by atoms with Gasteiger partial charge in [-0.3, -0.25) is 4.79 Å². The van der Waals surface area contributed by atoms with E-state index in [1.807, 2.05) is 6.92 Å². The Morgan fingerprint density at radius 2 is 2.09 bits per heavy atom. The van der Waals surface area contributed by atoms with Crippen molar-refractivity contribution in [3.05, 3.63) is 0 Å². The van der Waals surface area contributed by atoms with Gasteiger partial charge >= 0.3 is 6.18 Å². The fraction of sp³-hybridized carbons (Fsp3) is 0.857. The van der Waals surface area contributed by atoms with Crippen LogP contribution in [0.2, 0.25) is 0 Å². The first kappa shape index (κ1) is 22.3. The molecule has 0 radical (unpaired) electrons. The maximum atomic E-state index is 12.3. The van der Waals surface area contributed by atoms with Gasteiger partial charge in [-0.25, -0.2) is 4.99 Å². The average molecular weight is 450 g/mol. The molecule has 1 aliphatic rings. The predicted octanol–water partition coefficient (Wildman–Crippen LogP) is 2.32. The molecule has 1 heterocycles. The number of hydrogen-bond donors (Lipinski definition) is 1. The van der Waals surface area contributed by atoms with Gasteiger partial charge in [-0.1, -0.05) is 6.92 Å². The van der Waals surface area contributed by atoms with E-state index in [9.17, 15) is 18.0 Å². The number of hydrogen-bond acceptors (Lipinski definition) is 2. The van der Waals surface area contributed by atoms with Gasteiger partial charge in [0.25, 0.3) is 0 Å². The van der Waals surface area contributed by atoms with Crippen molar-refractivity contribution in [3.63, 3.8) is 0 Å². The zero-order valence-corrected chi connectivity index (χ0v) is 16.1. The van der Waals surface area contributed by atoms with Crippen molar-refractivity contribution in [1.82, 2.24) is 15.1 Å². The highest BCUT2D eigenvalue weighted by atomic mass is 127. The predicted molar refractivity (Wildman–Crippen MR) is 95.1 cm³/mol. The molecule has 0 saturated carbocycles. The first-order valence-electron chi connectivity index (χ1n) is 7.57. The maximum absolute atomic E-state index is 12.3. The number of rotatable bonds is 4. The van der Waals surface area contributed by atoms with Crippen molar-refractivity contribution in [1.29, 1.82) is 0 Å². The molecule has 1 N–H and O–H groups in total. The number of carbonyl (C=O) groups excluding carboxylic acids is 1. The van der Waals surface area contributed by atoms with E-state index in [2.05, 4.69) is 22.1 Å². The van der Waals surface area contributed by atoms with Gasteiger partial charge in [-0.15, -0.1) is 24.0 Å². The van der Waals surface area contributed by atoms with Crippen molar-refractivity contribution < 1.29 is 18.0 Å².